The van der Waals surface area contributed by atoms with Crippen LogP contribution in [0.15, 0.2) is 96.1 Å². The second-order valence-corrected chi connectivity index (χ2v) is 8.83. The van der Waals surface area contributed by atoms with E-state index in [4.69, 9.17) is 30.5 Å². The van der Waals surface area contributed by atoms with Gasteiger partial charge in [0.05, 0.1) is 19.9 Å². The summed E-state index contributed by atoms with van der Waals surface area (Å²) in [7, 11) is 1.56. The van der Waals surface area contributed by atoms with Crippen LogP contribution in [0.25, 0.3) is 0 Å². The molecular formula is C31H29ClN2O5. The molecule has 0 saturated heterocycles. The van der Waals surface area contributed by atoms with Gasteiger partial charge in [-0.1, -0.05) is 54.1 Å². The standard InChI is InChI=1S/C31H29ClN2O5/c1-3-37-30-18-25(13-15-28(30)38-20-22-8-5-4-6-9-22)31(35)34-33-19-23-12-14-27(29(17-23)36-2)39-21-24-10-7-11-26(32)16-24/h4-19H,3,20-21H2,1-2H3,(H,34,35)/b33-19+. The predicted molar refractivity (Wildman–Crippen MR) is 152 cm³/mol. The van der Waals surface area contributed by atoms with Crippen LogP contribution in [0.3, 0.4) is 0 Å². The minimum absolute atomic E-state index is 0.347. The Hall–Kier alpha value is -4.49. The summed E-state index contributed by atoms with van der Waals surface area (Å²) < 4.78 is 23.0. The third-order valence-corrected chi connectivity index (χ3v) is 5.83. The van der Waals surface area contributed by atoms with Crippen LogP contribution in [-0.4, -0.2) is 25.8 Å². The van der Waals surface area contributed by atoms with E-state index in [1.54, 1.807) is 37.4 Å². The van der Waals surface area contributed by atoms with Gasteiger partial charge in [-0.05, 0) is 72.1 Å². The number of hydrogen-bond acceptors (Lipinski definition) is 6. The predicted octanol–water partition coefficient (Wildman–Crippen LogP) is 6.67. The molecule has 0 saturated carbocycles. The van der Waals surface area contributed by atoms with E-state index < -0.39 is 0 Å². The molecule has 0 aliphatic heterocycles. The Kier molecular flexibility index (Phi) is 9.80. The van der Waals surface area contributed by atoms with Crippen molar-refractivity contribution in [3.8, 4) is 23.0 Å². The average molecular weight is 545 g/mol. The van der Waals surface area contributed by atoms with Gasteiger partial charge in [0.25, 0.3) is 5.91 Å². The smallest absolute Gasteiger partial charge is 0.271 e. The highest BCUT2D eigenvalue weighted by Gasteiger charge is 2.12. The van der Waals surface area contributed by atoms with Crippen molar-refractivity contribution < 1.29 is 23.7 Å². The van der Waals surface area contributed by atoms with Crippen LogP contribution in [0.5, 0.6) is 23.0 Å². The van der Waals surface area contributed by atoms with Crippen LogP contribution in [0, 0.1) is 0 Å². The van der Waals surface area contributed by atoms with Crippen molar-refractivity contribution in [2.45, 2.75) is 20.1 Å². The summed E-state index contributed by atoms with van der Waals surface area (Å²) in [5.74, 6) is 1.79. The Bertz CT molecular complexity index is 1430. The Balaban J connectivity index is 1.37. The van der Waals surface area contributed by atoms with E-state index in [0.717, 1.165) is 16.7 Å². The highest BCUT2D eigenvalue weighted by atomic mass is 35.5. The second-order valence-electron chi connectivity index (χ2n) is 8.40. The molecule has 39 heavy (non-hydrogen) atoms. The van der Waals surface area contributed by atoms with Gasteiger partial charge < -0.3 is 18.9 Å². The number of amides is 1. The largest absolute Gasteiger partial charge is 0.493 e. The van der Waals surface area contributed by atoms with Crippen LogP contribution in [0.1, 0.15) is 34.0 Å². The van der Waals surface area contributed by atoms with E-state index in [0.29, 0.717) is 53.4 Å². The molecule has 0 bridgehead atoms. The van der Waals surface area contributed by atoms with Crippen molar-refractivity contribution in [3.05, 3.63) is 118 Å². The fourth-order valence-electron chi connectivity index (χ4n) is 3.67. The summed E-state index contributed by atoms with van der Waals surface area (Å²) in [6, 6.07) is 27.7. The highest BCUT2D eigenvalue weighted by Crippen LogP contribution is 2.30. The zero-order chi connectivity index (χ0) is 27.5. The van der Waals surface area contributed by atoms with Crippen molar-refractivity contribution in [2.24, 2.45) is 5.10 Å². The molecule has 0 aliphatic rings. The summed E-state index contributed by atoms with van der Waals surface area (Å²) >= 11 is 6.04. The number of nitrogens with zero attached hydrogens (tertiary/aromatic N) is 1. The minimum Gasteiger partial charge on any atom is -0.493 e. The Morgan fingerprint density at radius 2 is 1.51 bits per heavy atom. The van der Waals surface area contributed by atoms with Crippen LogP contribution in [0.4, 0.5) is 0 Å². The summed E-state index contributed by atoms with van der Waals surface area (Å²) in [6.45, 7) is 3.05. The molecule has 4 aromatic rings. The molecule has 1 amide bonds. The zero-order valence-electron chi connectivity index (χ0n) is 21.7. The van der Waals surface area contributed by atoms with Gasteiger partial charge in [0.2, 0.25) is 0 Å². The normalized spacial score (nSPS) is 10.7. The monoisotopic (exact) mass is 544 g/mol. The first-order valence-corrected chi connectivity index (χ1v) is 12.8. The number of methoxy groups -OCH3 is 1. The lowest BCUT2D eigenvalue weighted by Crippen LogP contribution is -2.17. The van der Waals surface area contributed by atoms with Crippen molar-refractivity contribution in [1.82, 2.24) is 5.43 Å². The highest BCUT2D eigenvalue weighted by molar-refractivity contribution is 6.30. The third kappa shape index (κ3) is 7.99. The van der Waals surface area contributed by atoms with Crippen LogP contribution in [-0.2, 0) is 13.2 Å². The first-order valence-electron chi connectivity index (χ1n) is 12.4. The maximum Gasteiger partial charge on any atom is 0.271 e. The van der Waals surface area contributed by atoms with E-state index >= 15 is 0 Å². The van der Waals surface area contributed by atoms with Gasteiger partial charge in [0.1, 0.15) is 13.2 Å². The Morgan fingerprint density at radius 3 is 2.26 bits per heavy atom. The van der Waals surface area contributed by atoms with Gasteiger partial charge in [-0.25, -0.2) is 5.43 Å². The molecule has 0 aromatic heterocycles. The quantitative estimate of drug-likeness (QED) is 0.159. The van der Waals surface area contributed by atoms with Crippen molar-refractivity contribution >= 4 is 23.7 Å². The van der Waals surface area contributed by atoms with Crippen LogP contribution < -0.4 is 24.4 Å². The fourth-order valence-corrected chi connectivity index (χ4v) is 3.89. The summed E-state index contributed by atoms with van der Waals surface area (Å²) in [5, 5.41) is 4.74. The number of rotatable bonds is 12. The number of benzene rings is 4. The molecule has 200 valence electrons. The lowest BCUT2D eigenvalue weighted by molar-refractivity contribution is 0.0954. The number of carbonyl (C=O) groups excluding carboxylic acids is 1. The van der Waals surface area contributed by atoms with Crippen LogP contribution in [0.2, 0.25) is 5.02 Å². The molecule has 1 N–H and O–H groups in total. The fraction of sp³-hybridized carbons (Fsp3) is 0.161. The zero-order valence-corrected chi connectivity index (χ0v) is 22.5. The summed E-state index contributed by atoms with van der Waals surface area (Å²) in [6.07, 6.45) is 1.53. The van der Waals surface area contributed by atoms with Crippen LogP contribution >= 0.6 is 11.6 Å². The summed E-state index contributed by atoms with van der Waals surface area (Å²) in [5.41, 5.74) is 5.65. The summed E-state index contributed by atoms with van der Waals surface area (Å²) in [4.78, 5) is 12.7. The molecule has 4 aromatic carbocycles. The van der Waals surface area contributed by atoms with E-state index in [1.165, 1.54) is 6.21 Å². The van der Waals surface area contributed by atoms with E-state index in [1.807, 2.05) is 67.6 Å². The molecular weight excluding hydrogens is 516 g/mol. The molecule has 8 heteroatoms. The van der Waals surface area contributed by atoms with Crippen molar-refractivity contribution in [1.29, 1.82) is 0 Å². The maximum absolute atomic E-state index is 12.7. The lowest BCUT2D eigenvalue weighted by Gasteiger charge is -2.13. The second kappa shape index (κ2) is 13.9. The number of nitrogens with one attached hydrogen (secondary N) is 1. The molecule has 7 nitrogen and oxygen atoms in total. The molecule has 0 spiro atoms. The minimum atomic E-state index is -0.379. The molecule has 0 unspecified atom stereocenters. The van der Waals surface area contributed by atoms with Gasteiger partial charge in [-0.15, -0.1) is 0 Å². The maximum atomic E-state index is 12.7. The van der Waals surface area contributed by atoms with E-state index in [2.05, 4.69) is 10.5 Å². The molecule has 0 aliphatic carbocycles. The number of hydrogen-bond donors (Lipinski definition) is 1. The molecule has 0 radical (unpaired) electrons. The van der Waals surface area contributed by atoms with Gasteiger partial charge in [-0.3, -0.25) is 4.79 Å². The van der Waals surface area contributed by atoms with Crippen molar-refractivity contribution in [3.63, 3.8) is 0 Å². The lowest BCUT2D eigenvalue weighted by atomic mass is 10.2. The molecule has 0 fully saturated rings. The van der Waals surface area contributed by atoms with Gasteiger partial charge in [-0.2, -0.15) is 5.10 Å². The Labute approximate surface area is 232 Å². The number of ether oxygens (including phenoxy) is 4. The van der Waals surface area contributed by atoms with Crippen molar-refractivity contribution in [2.75, 3.05) is 13.7 Å². The number of halogens is 1. The SMILES string of the molecule is CCOc1cc(C(=O)N/N=C/c2ccc(OCc3cccc(Cl)c3)c(OC)c2)ccc1OCc1ccccc1. The first kappa shape index (κ1) is 27.5. The van der Waals surface area contributed by atoms with E-state index in [9.17, 15) is 4.79 Å². The Morgan fingerprint density at radius 1 is 0.795 bits per heavy atom. The first-order chi connectivity index (χ1) is 19.1. The number of carbonyl (C=O) groups is 1. The molecule has 0 atom stereocenters. The molecule has 0 heterocycles. The number of hydrazone groups is 1. The van der Waals surface area contributed by atoms with E-state index in [-0.39, 0.29) is 5.91 Å². The topological polar surface area (TPSA) is 78.4 Å². The van der Waals surface area contributed by atoms with Gasteiger partial charge in [0.15, 0.2) is 23.0 Å². The van der Waals surface area contributed by atoms with Gasteiger partial charge >= 0.3 is 0 Å². The third-order valence-electron chi connectivity index (χ3n) is 5.59. The average Bonchev–Trinajstić information content (AvgIpc) is 2.96. The van der Waals surface area contributed by atoms with Gasteiger partial charge in [0, 0.05) is 10.6 Å². The molecule has 4 rings (SSSR count).